The Bertz CT molecular complexity index is 352. The number of rotatable bonds is 3. The van der Waals surface area contributed by atoms with Crippen molar-refractivity contribution in [3.63, 3.8) is 0 Å². The molecule has 0 aliphatic carbocycles. The fraction of sp³-hybridized carbons (Fsp3) is 0.500. The van der Waals surface area contributed by atoms with Gasteiger partial charge in [0.15, 0.2) is 0 Å². The monoisotopic (exact) mass is 195 g/mol. The molecule has 0 bridgehead atoms. The standard InChI is InChI=1S/C10H13NO3/c1-11-7(5-8-6-14-8)3-4-9(11)10(12)13-2/h3-4,8H,5-6H2,1-2H3. The summed E-state index contributed by atoms with van der Waals surface area (Å²) in [6, 6.07) is 3.72. The predicted octanol–water partition coefficient (Wildman–Crippen LogP) is 0.753. The van der Waals surface area contributed by atoms with E-state index in [1.54, 1.807) is 6.07 Å². The molecule has 4 heteroatoms. The van der Waals surface area contributed by atoms with Crippen LogP contribution in [0.5, 0.6) is 0 Å². The van der Waals surface area contributed by atoms with Crippen molar-refractivity contribution in [3.8, 4) is 0 Å². The molecule has 0 saturated carbocycles. The van der Waals surface area contributed by atoms with E-state index in [0.29, 0.717) is 11.8 Å². The number of aromatic nitrogens is 1. The molecule has 0 aromatic carbocycles. The molecule has 4 nitrogen and oxygen atoms in total. The van der Waals surface area contributed by atoms with Crippen LogP contribution in [0, 0.1) is 0 Å². The van der Waals surface area contributed by atoms with Crippen LogP contribution in [0.3, 0.4) is 0 Å². The van der Waals surface area contributed by atoms with Crippen LogP contribution >= 0.6 is 0 Å². The first-order valence-corrected chi connectivity index (χ1v) is 4.57. The molecule has 0 radical (unpaired) electrons. The smallest absolute Gasteiger partial charge is 0.354 e. The van der Waals surface area contributed by atoms with Gasteiger partial charge in [-0.05, 0) is 12.1 Å². The Morgan fingerprint density at radius 3 is 3.00 bits per heavy atom. The molecule has 14 heavy (non-hydrogen) atoms. The Labute approximate surface area is 82.4 Å². The summed E-state index contributed by atoms with van der Waals surface area (Å²) in [4.78, 5) is 11.3. The van der Waals surface area contributed by atoms with Crippen molar-refractivity contribution < 1.29 is 14.3 Å². The van der Waals surface area contributed by atoms with E-state index in [1.807, 2.05) is 17.7 Å². The van der Waals surface area contributed by atoms with Crippen molar-refractivity contribution >= 4 is 5.97 Å². The second-order valence-electron chi connectivity index (χ2n) is 3.42. The second-order valence-corrected chi connectivity index (χ2v) is 3.42. The summed E-state index contributed by atoms with van der Waals surface area (Å²) in [5.74, 6) is -0.296. The first kappa shape index (κ1) is 9.27. The van der Waals surface area contributed by atoms with Gasteiger partial charge in [-0.2, -0.15) is 0 Å². The Morgan fingerprint density at radius 2 is 2.43 bits per heavy atom. The van der Waals surface area contributed by atoms with E-state index in [4.69, 9.17) is 4.74 Å². The molecule has 1 aliphatic rings. The van der Waals surface area contributed by atoms with E-state index in [0.717, 1.165) is 18.7 Å². The third-order valence-corrected chi connectivity index (χ3v) is 2.46. The van der Waals surface area contributed by atoms with Gasteiger partial charge in [-0.3, -0.25) is 0 Å². The summed E-state index contributed by atoms with van der Waals surface area (Å²) in [6.07, 6.45) is 1.21. The molecule has 1 fully saturated rings. The fourth-order valence-corrected chi connectivity index (χ4v) is 1.49. The molecule has 0 N–H and O–H groups in total. The van der Waals surface area contributed by atoms with E-state index < -0.39 is 0 Å². The van der Waals surface area contributed by atoms with Gasteiger partial charge < -0.3 is 14.0 Å². The molecule has 76 valence electrons. The summed E-state index contributed by atoms with van der Waals surface area (Å²) >= 11 is 0. The molecule has 1 saturated heterocycles. The number of ether oxygens (including phenoxy) is 2. The van der Waals surface area contributed by atoms with Gasteiger partial charge >= 0.3 is 5.97 Å². The molecule has 1 unspecified atom stereocenters. The van der Waals surface area contributed by atoms with Crippen LogP contribution in [0.15, 0.2) is 12.1 Å². The Balaban J connectivity index is 2.17. The minimum absolute atomic E-state index is 0.296. The van der Waals surface area contributed by atoms with Crippen molar-refractivity contribution in [2.45, 2.75) is 12.5 Å². The third kappa shape index (κ3) is 1.65. The molecule has 1 aromatic rings. The van der Waals surface area contributed by atoms with E-state index in [1.165, 1.54) is 7.11 Å². The lowest BCUT2D eigenvalue weighted by Crippen LogP contribution is -2.10. The molecule has 0 amide bonds. The minimum Gasteiger partial charge on any atom is -0.464 e. The van der Waals surface area contributed by atoms with Crippen molar-refractivity contribution in [1.29, 1.82) is 0 Å². The third-order valence-electron chi connectivity index (χ3n) is 2.46. The number of esters is 1. The Morgan fingerprint density at radius 1 is 1.71 bits per heavy atom. The van der Waals surface area contributed by atoms with Crippen LogP contribution in [0.2, 0.25) is 0 Å². The van der Waals surface area contributed by atoms with E-state index in [9.17, 15) is 4.79 Å². The van der Waals surface area contributed by atoms with Gasteiger partial charge in [0.25, 0.3) is 0 Å². The lowest BCUT2D eigenvalue weighted by atomic mass is 10.2. The van der Waals surface area contributed by atoms with Gasteiger partial charge in [-0.15, -0.1) is 0 Å². The molecule has 0 spiro atoms. The van der Waals surface area contributed by atoms with Gasteiger partial charge in [-0.1, -0.05) is 0 Å². The van der Waals surface area contributed by atoms with Crippen LogP contribution in [-0.4, -0.2) is 30.4 Å². The quantitative estimate of drug-likeness (QED) is 0.528. The number of hydrogen-bond donors (Lipinski definition) is 0. The van der Waals surface area contributed by atoms with E-state index >= 15 is 0 Å². The molecule has 1 aromatic heterocycles. The summed E-state index contributed by atoms with van der Waals surface area (Å²) in [5, 5.41) is 0. The lowest BCUT2D eigenvalue weighted by Gasteiger charge is -2.04. The van der Waals surface area contributed by atoms with Gasteiger partial charge in [0.05, 0.1) is 19.8 Å². The highest BCUT2D eigenvalue weighted by Crippen LogP contribution is 2.18. The van der Waals surface area contributed by atoms with Crippen LogP contribution in [0.4, 0.5) is 0 Å². The highest BCUT2D eigenvalue weighted by atomic mass is 16.6. The normalized spacial score (nSPS) is 19.4. The zero-order valence-electron chi connectivity index (χ0n) is 8.32. The summed E-state index contributed by atoms with van der Waals surface area (Å²) in [7, 11) is 3.25. The number of nitrogens with zero attached hydrogens (tertiary/aromatic N) is 1. The number of methoxy groups -OCH3 is 1. The van der Waals surface area contributed by atoms with Crippen molar-refractivity contribution in [2.75, 3.05) is 13.7 Å². The van der Waals surface area contributed by atoms with Crippen molar-refractivity contribution in [3.05, 3.63) is 23.5 Å². The minimum atomic E-state index is -0.296. The fourth-order valence-electron chi connectivity index (χ4n) is 1.49. The summed E-state index contributed by atoms with van der Waals surface area (Å²) in [6.45, 7) is 0.832. The van der Waals surface area contributed by atoms with Crippen LogP contribution in [-0.2, 0) is 22.9 Å². The zero-order chi connectivity index (χ0) is 10.1. The molecular weight excluding hydrogens is 182 g/mol. The first-order valence-electron chi connectivity index (χ1n) is 4.57. The molecule has 1 aliphatic heterocycles. The van der Waals surface area contributed by atoms with Gasteiger partial charge in [0, 0.05) is 19.2 Å². The first-order chi connectivity index (χ1) is 6.72. The van der Waals surface area contributed by atoms with Crippen molar-refractivity contribution in [1.82, 2.24) is 4.57 Å². The Kier molecular flexibility index (Phi) is 2.29. The predicted molar refractivity (Wildman–Crippen MR) is 50.2 cm³/mol. The molecule has 2 heterocycles. The van der Waals surface area contributed by atoms with Gasteiger partial charge in [0.2, 0.25) is 0 Å². The lowest BCUT2D eigenvalue weighted by molar-refractivity contribution is 0.0589. The number of carbonyl (C=O) groups excluding carboxylic acids is 1. The summed E-state index contributed by atoms with van der Waals surface area (Å²) in [5.41, 5.74) is 1.69. The second kappa shape index (κ2) is 3.46. The highest BCUT2D eigenvalue weighted by Gasteiger charge is 2.24. The van der Waals surface area contributed by atoms with Crippen LogP contribution in [0.1, 0.15) is 16.2 Å². The highest BCUT2D eigenvalue weighted by molar-refractivity contribution is 5.87. The number of hydrogen-bond acceptors (Lipinski definition) is 3. The van der Waals surface area contributed by atoms with Gasteiger partial charge in [0.1, 0.15) is 5.69 Å². The maximum atomic E-state index is 11.3. The average molecular weight is 195 g/mol. The zero-order valence-corrected chi connectivity index (χ0v) is 8.32. The maximum absolute atomic E-state index is 11.3. The molecule has 1 atom stereocenters. The molecular formula is C10H13NO3. The van der Waals surface area contributed by atoms with Gasteiger partial charge in [-0.25, -0.2) is 4.79 Å². The van der Waals surface area contributed by atoms with Crippen molar-refractivity contribution in [2.24, 2.45) is 7.05 Å². The number of epoxide rings is 1. The van der Waals surface area contributed by atoms with E-state index in [-0.39, 0.29) is 5.97 Å². The Hall–Kier alpha value is -1.29. The topological polar surface area (TPSA) is 43.8 Å². The van der Waals surface area contributed by atoms with Crippen LogP contribution in [0.25, 0.3) is 0 Å². The SMILES string of the molecule is COC(=O)c1ccc(CC2CO2)n1C. The summed E-state index contributed by atoms with van der Waals surface area (Å²) < 4.78 is 11.6. The largest absolute Gasteiger partial charge is 0.464 e. The van der Waals surface area contributed by atoms with Crippen LogP contribution < -0.4 is 0 Å². The average Bonchev–Trinajstić information content (AvgIpc) is 2.92. The molecule has 2 rings (SSSR count). The van der Waals surface area contributed by atoms with E-state index in [2.05, 4.69) is 4.74 Å². The number of carbonyl (C=O) groups is 1. The maximum Gasteiger partial charge on any atom is 0.354 e.